The first-order chi connectivity index (χ1) is 7.45. The summed E-state index contributed by atoms with van der Waals surface area (Å²) >= 11 is 5.85. The van der Waals surface area contributed by atoms with E-state index in [9.17, 15) is 10.1 Å². The van der Waals surface area contributed by atoms with Gasteiger partial charge in [-0.3, -0.25) is 10.1 Å². The van der Waals surface area contributed by atoms with Gasteiger partial charge in [-0.25, -0.2) is 0 Å². The number of methoxy groups -OCH3 is 1. The lowest BCUT2D eigenvalue weighted by molar-refractivity contribution is -0.384. The van der Waals surface area contributed by atoms with Crippen molar-refractivity contribution in [3.63, 3.8) is 0 Å². The molecule has 0 spiro atoms. The van der Waals surface area contributed by atoms with Crippen LogP contribution < -0.4 is 9.47 Å². The lowest BCUT2D eigenvalue weighted by Crippen LogP contribution is -2.07. The van der Waals surface area contributed by atoms with Gasteiger partial charge in [0.1, 0.15) is 0 Å². The van der Waals surface area contributed by atoms with Gasteiger partial charge in [-0.2, -0.15) is 0 Å². The van der Waals surface area contributed by atoms with Gasteiger partial charge in [0, 0.05) is 6.07 Å². The molecule has 0 radical (unpaired) electrons. The normalized spacial score (nSPS) is 10.3. The quantitative estimate of drug-likeness (QED) is 0.604. The molecule has 0 bridgehead atoms. The summed E-state index contributed by atoms with van der Waals surface area (Å²) in [7, 11) is 1.43. The Balaban J connectivity index is 3.25. The van der Waals surface area contributed by atoms with Gasteiger partial charge in [-0.05, 0) is 13.8 Å². The molecular weight excluding hydrogens is 234 g/mol. The first-order valence-electron chi connectivity index (χ1n) is 4.64. The van der Waals surface area contributed by atoms with Crippen molar-refractivity contribution >= 4 is 17.3 Å². The van der Waals surface area contributed by atoms with Crippen LogP contribution in [-0.2, 0) is 0 Å². The van der Waals surface area contributed by atoms with Gasteiger partial charge in [0.15, 0.2) is 11.5 Å². The minimum atomic E-state index is -0.529. The summed E-state index contributed by atoms with van der Waals surface area (Å²) in [6, 6.07) is 2.53. The van der Waals surface area contributed by atoms with Gasteiger partial charge in [-0.15, -0.1) is 0 Å². The molecule has 1 rings (SSSR count). The minimum absolute atomic E-state index is 0.119. The number of halogens is 1. The predicted molar refractivity (Wildman–Crippen MR) is 60.4 cm³/mol. The third-order valence-electron chi connectivity index (χ3n) is 1.77. The summed E-state index contributed by atoms with van der Waals surface area (Å²) in [5.41, 5.74) is -0.124. The van der Waals surface area contributed by atoms with Crippen LogP contribution in [0.3, 0.4) is 0 Å². The van der Waals surface area contributed by atoms with Crippen LogP contribution in [0.4, 0.5) is 5.69 Å². The molecule has 0 aromatic heterocycles. The third kappa shape index (κ3) is 2.76. The van der Waals surface area contributed by atoms with E-state index in [2.05, 4.69) is 0 Å². The number of rotatable bonds is 4. The largest absolute Gasteiger partial charge is 0.491 e. The van der Waals surface area contributed by atoms with Crippen molar-refractivity contribution in [3.8, 4) is 11.5 Å². The van der Waals surface area contributed by atoms with Crippen molar-refractivity contribution in [2.24, 2.45) is 0 Å². The second kappa shape index (κ2) is 5.03. The van der Waals surface area contributed by atoms with Crippen LogP contribution in [0.1, 0.15) is 13.8 Å². The Kier molecular flexibility index (Phi) is 3.95. The molecule has 0 saturated carbocycles. The van der Waals surface area contributed by atoms with E-state index in [0.717, 1.165) is 0 Å². The maximum Gasteiger partial charge on any atom is 0.274 e. The van der Waals surface area contributed by atoms with Gasteiger partial charge in [0.25, 0.3) is 5.69 Å². The molecule has 1 aromatic carbocycles. The number of nitro groups is 1. The van der Waals surface area contributed by atoms with Gasteiger partial charge in [0.05, 0.1) is 29.2 Å². The van der Waals surface area contributed by atoms with E-state index in [1.54, 1.807) is 0 Å². The standard InChI is InChI=1S/C10H12ClNO4/c1-6(2)16-9-5-7(12(13)14)4-8(11)10(9)15-3/h4-6H,1-3H3. The molecule has 1 aromatic rings. The first-order valence-corrected chi connectivity index (χ1v) is 5.02. The highest BCUT2D eigenvalue weighted by Crippen LogP contribution is 2.39. The fourth-order valence-electron chi connectivity index (χ4n) is 1.20. The maximum atomic E-state index is 10.6. The third-order valence-corrected chi connectivity index (χ3v) is 2.05. The summed E-state index contributed by atoms with van der Waals surface area (Å²) in [5.74, 6) is 0.581. The molecule has 0 fully saturated rings. The van der Waals surface area contributed by atoms with E-state index in [0.29, 0.717) is 5.75 Å². The van der Waals surface area contributed by atoms with Crippen LogP contribution in [0.15, 0.2) is 12.1 Å². The zero-order chi connectivity index (χ0) is 12.3. The van der Waals surface area contributed by atoms with E-state index in [4.69, 9.17) is 21.1 Å². The maximum absolute atomic E-state index is 10.6. The average molecular weight is 246 g/mol. The Morgan fingerprint density at radius 3 is 2.50 bits per heavy atom. The molecule has 6 heteroatoms. The van der Waals surface area contributed by atoms with E-state index in [1.807, 2.05) is 13.8 Å². The van der Waals surface area contributed by atoms with E-state index in [1.165, 1.54) is 19.2 Å². The topological polar surface area (TPSA) is 61.6 Å². The smallest absolute Gasteiger partial charge is 0.274 e. The molecule has 0 aliphatic heterocycles. The minimum Gasteiger partial charge on any atom is -0.491 e. The molecule has 0 N–H and O–H groups in total. The number of non-ortho nitro benzene ring substituents is 1. The fourth-order valence-corrected chi connectivity index (χ4v) is 1.48. The second-order valence-corrected chi connectivity index (χ2v) is 3.79. The number of nitrogens with zero attached hydrogens (tertiary/aromatic N) is 1. The fraction of sp³-hybridized carbons (Fsp3) is 0.400. The second-order valence-electron chi connectivity index (χ2n) is 3.38. The SMILES string of the molecule is COc1c(Cl)cc([N+](=O)[O-])cc1OC(C)C. The zero-order valence-corrected chi connectivity index (χ0v) is 9.95. The number of benzene rings is 1. The summed E-state index contributed by atoms with van der Waals surface area (Å²) in [5, 5.41) is 10.8. The van der Waals surface area contributed by atoms with Gasteiger partial charge < -0.3 is 9.47 Å². The summed E-state index contributed by atoms with van der Waals surface area (Å²) in [4.78, 5) is 10.1. The van der Waals surface area contributed by atoms with Crippen molar-refractivity contribution in [1.29, 1.82) is 0 Å². The lowest BCUT2D eigenvalue weighted by atomic mass is 10.2. The van der Waals surface area contributed by atoms with Crippen LogP contribution in [-0.4, -0.2) is 18.1 Å². The molecule has 0 heterocycles. The van der Waals surface area contributed by atoms with E-state index < -0.39 is 4.92 Å². The van der Waals surface area contributed by atoms with E-state index in [-0.39, 0.29) is 22.6 Å². The molecule has 0 aliphatic rings. The predicted octanol–water partition coefficient (Wildman–Crippen LogP) is 3.04. The highest BCUT2D eigenvalue weighted by molar-refractivity contribution is 6.32. The number of nitro benzene ring substituents is 1. The number of hydrogen-bond acceptors (Lipinski definition) is 4. The number of ether oxygens (including phenoxy) is 2. The highest BCUT2D eigenvalue weighted by Gasteiger charge is 2.18. The zero-order valence-electron chi connectivity index (χ0n) is 9.19. The summed E-state index contributed by atoms with van der Waals surface area (Å²) in [6.07, 6.45) is -0.119. The summed E-state index contributed by atoms with van der Waals surface area (Å²) < 4.78 is 10.4. The molecule has 0 amide bonds. The van der Waals surface area contributed by atoms with Crippen molar-refractivity contribution < 1.29 is 14.4 Å². The molecule has 88 valence electrons. The van der Waals surface area contributed by atoms with Crippen LogP contribution in [0.25, 0.3) is 0 Å². The van der Waals surface area contributed by atoms with E-state index >= 15 is 0 Å². The van der Waals surface area contributed by atoms with Crippen LogP contribution in [0.5, 0.6) is 11.5 Å². The Labute approximate surface area is 98.1 Å². The van der Waals surface area contributed by atoms with Crippen molar-refractivity contribution in [2.45, 2.75) is 20.0 Å². The molecule has 0 aliphatic carbocycles. The Morgan fingerprint density at radius 1 is 1.44 bits per heavy atom. The van der Waals surface area contributed by atoms with Gasteiger partial charge in [0.2, 0.25) is 0 Å². The average Bonchev–Trinajstić information content (AvgIpc) is 2.16. The van der Waals surface area contributed by atoms with Crippen LogP contribution in [0, 0.1) is 10.1 Å². The summed E-state index contributed by atoms with van der Waals surface area (Å²) in [6.45, 7) is 3.62. The lowest BCUT2D eigenvalue weighted by Gasteiger charge is -2.14. The van der Waals surface area contributed by atoms with Crippen LogP contribution in [0.2, 0.25) is 5.02 Å². The number of hydrogen-bond donors (Lipinski definition) is 0. The van der Waals surface area contributed by atoms with Gasteiger partial charge in [-0.1, -0.05) is 11.6 Å². The molecule has 5 nitrogen and oxygen atoms in total. The highest BCUT2D eigenvalue weighted by atomic mass is 35.5. The van der Waals surface area contributed by atoms with Crippen LogP contribution >= 0.6 is 11.6 Å². The van der Waals surface area contributed by atoms with Gasteiger partial charge >= 0.3 is 0 Å². The molecular formula is C10H12ClNO4. The van der Waals surface area contributed by atoms with Crippen molar-refractivity contribution in [1.82, 2.24) is 0 Å². The molecule has 0 atom stereocenters. The first kappa shape index (κ1) is 12.6. The van der Waals surface area contributed by atoms with Crippen molar-refractivity contribution in [2.75, 3.05) is 7.11 Å². The monoisotopic (exact) mass is 245 g/mol. The molecule has 16 heavy (non-hydrogen) atoms. The Hall–Kier alpha value is -1.49. The molecule has 0 saturated heterocycles. The Bertz CT molecular complexity index is 406. The Morgan fingerprint density at radius 2 is 2.06 bits per heavy atom. The van der Waals surface area contributed by atoms with Crippen molar-refractivity contribution in [3.05, 3.63) is 27.3 Å². The molecule has 0 unspecified atom stereocenters.